The molecule has 7 heteroatoms. The van der Waals surface area contributed by atoms with Crippen molar-refractivity contribution in [3.63, 3.8) is 0 Å². The van der Waals surface area contributed by atoms with Gasteiger partial charge in [-0.15, -0.1) is 17.9 Å². The highest BCUT2D eigenvalue weighted by atomic mass is 32.2. The highest BCUT2D eigenvalue weighted by Crippen LogP contribution is 2.21. The van der Waals surface area contributed by atoms with E-state index in [2.05, 4.69) is 6.58 Å². The Morgan fingerprint density at radius 3 is 2.40 bits per heavy atom. The molecule has 30 heavy (non-hydrogen) atoms. The SMILES string of the molecule is C=CCN(Cc1cccs1)C(=O)CCc1ccc(S(=O)(=O)N2CCCCCC2)cc1. The number of aryl methyl sites for hydroxylation is 1. The molecule has 1 aromatic heterocycles. The summed E-state index contributed by atoms with van der Waals surface area (Å²) in [6, 6.07) is 11.0. The van der Waals surface area contributed by atoms with Crippen LogP contribution in [0.4, 0.5) is 0 Å². The molecule has 3 rings (SSSR count). The second-order valence-corrected chi connectivity index (χ2v) is 10.6. The molecule has 2 aromatic rings. The van der Waals surface area contributed by atoms with Crippen molar-refractivity contribution in [3.8, 4) is 0 Å². The summed E-state index contributed by atoms with van der Waals surface area (Å²) in [6.45, 7) is 6.06. The fourth-order valence-electron chi connectivity index (χ4n) is 3.67. The molecule has 0 atom stereocenters. The van der Waals surface area contributed by atoms with Crippen molar-refractivity contribution in [2.24, 2.45) is 0 Å². The highest BCUT2D eigenvalue weighted by molar-refractivity contribution is 7.89. The Balaban J connectivity index is 1.59. The second kappa shape index (κ2) is 10.9. The van der Waals surface area contributed by atoms with E-state index in [1.54, 1.807) is 38.8 Å². The molecule has 0 aliphatic carbocycles. The number of hydrogen-bond acceptors (Lipinski definition) is 4. The van der Waals surface area contributed by atoms with Gasteiger partial charge in [-0.05, 0) is 48.4 Å². The van der Waals surface area contributed by atoms with Gasteiger partial charge in [-0.25, -0.2) is 8.42 Å². The van der Waals surface area contributed by atoms with Crippen molar-refractivity contribution < 1.29 is 13.2 Å². The molecular weight excluding hydrogens is 416 g/mol. The zero-order valence-corrected chi connectivity index (χ0v) is 19.0. The number of amides is 1. The Bertz CT molecular complexity index is 914. The van der Waals surface area contributed by atoms with Crippen molar-refractivity contribution >= 4 is 27.3 Å². The quantitative estimate of drug-likeness (QED) is 0.535. The fraction of sp³-hybridized carbons (Fsp3) is 0.435. The first-order chi connectivity index (χ1) is 14.5. The first-order valence-corrected chi connectivity index (χ1v) is 12.8. The molecule has 1 saturated heterocycles. The van der Waals surface area contributed by atoms with E-state index in [9.17, 15) is 13.2 Å². The van der Waals surface area contributed by atoms with Gasteiger partial charge in [-0.1, -0.05) is 37.1 Å². The van der Waals surface area contributed by atoms with Gasteiger partial charge in [0.15, 0.2) is 0 Å². The van der Waals surface area contributed by atoms with Crippen molar-refractivity contribution in [1.29, 1.82) is 0 Å². The van der Waals surface area contributed by atoms with Crippen LogP contribution < -0.4 is 0 Å². The van der Waals surface area contributed by atoms with E-state index in [0.717, 1.165) is 36.1 Å². The van der Waals surface area contributed by atoms with Crippen molar-refractivity contribution in [2.75, 3.05) is 19.6 Å². The molecule has 0 saturated carbocycles. The van der Waals surface area contributed by atoms with Gasteiger partial charge in [0.05, 0.1) is 11.4 Å². The Morgan fingerprint density at radius 2 is 1.80 bits per heavy atom. The van der Waals surface area contributed by atoms with Crippen LogP contribution in [0.15, 0.2) is 59.3 Å². The summed E-state index contributed by atoms with van der Waals surface area (Å²) in [5.74, 6) is 0.0737. The lowest BCUT2D eigenvalue weighted by Crippen LogP contribution is -2.32. The van der Waals surface area contributed by atoms with E-state index in [0.29, 0.717) is 43.9 Å². The van der Waals surface area contributed by atoms with Crippen LogP contribution in [0.5, 0.6) is 0 Å². The fourth-order valence-corrected chi connectivity index (χ4v) is 5.91. The normalized spacial score (nSPS) is 15.5. The van der Waals surface area contributed by atoms with Gasteiger partial charge in [0, 0.05) is 30.9 Å². The molecule has 1 amide bonds. The van der Waals surface area contributed by atoms with Crippen molar-refractivity contribution in [3.05, 3.63) is 64.9 Å². The number of benzene rings is 1. The van der Waals surface area contributed by atoms with Crippen LogP contribution in [-0.2, 0) is 27.8 Å². The summed E-state index contributed by atoms with van der Waals surface area (Å²) < 4.78 is 27.4. The van der Waals surface area contributed by atoms with Gasteiger partial charge in [-0.3, -0.25) is 4.79 Å². The molecule has 1 aliphatic rings. The van der Waals surface area contributed by atoms with Gasteiger partial charge in [0.2, 0.25) is 15.9 Å². The molecular formula is C23H30N2O3S2. The van der Waals surface area contributed by atoms with Crippen LogP contribution >= 0.6 is 11.3 Å². The van der Waals surface area contributed by atoms with Crippen LogP contribution in [0, 0.1) is 0 Å². The summed E-state index contributed by atoms with van der Waals surface area (Å²) in [6.07, 6.45) is 6.74. The first-order valence-electron chi connectivity index (χ1n) is 10.5. The largest absolute Gasteiger partial charge is 0.334 e. The molecule has 0 unspecified atom stereocenters. The Hall–Kier alpha value is -1.96. The first kappa shape index (κ1) is 22.7. The van der Waals surface area contributed by atoms with E-state index >= 15 is 0 Å². The molecule has 0 spiro atoms. The summed E-state index contributed by atoms with van der Waals surface area (Å²) in [5.41, 5.74) is 0.966. The van der Waals surface area contributed by atoms with E-state index in [1.165, 1.54) is 0 Å². The molecule has 5 nitrogen and oxygen atoms in total. The lowest BCUT2D eigenvalue weighted by Gasteiger charge is -2.21. The number of thiophene rings is 1. The third-order valence-corrected chi connectivity index (χ3v) is 8.16. The third-order valence-electron chi connectivity index (χ3n) is 5.38. The molecule has 0 bridgehead atoms. The van der Waals surface area contributed by atoms with Crippen molar-refractivity contribution in [2.45, 2.75) is 50.0 Å². The number of sulfonamides is 1. The molecule has 162 valence electrons. The van der Waals surface area contributed by atoms with Crippen LogP contribution in [0.2, 0.25) is 0 Å². The van der Waals surface area contributed by atoms with Crippen LogP contribution in [0.1, 0.15) is 42.5 Å². The van der Waals surface area contributed by atoms with Gasteiger partial charge < -0.3 is 4.90 Å². The molecule has 2 heterocycles. The maximum atomic E-state index is 12.9. The number of hydrogen-bond donors (Lipinski definition) is 0. The molecule has 0 radical (unpaired) electrons. The molecule has 1 aliphatic heterocycles. The number of rotatable bonds is 9. The van der Waals surface area contributed by atoms with Gasteiger partial charge in [-0.2, -0.15) is 4.31 Å². The lowest BCUT2D eigenvalue weighted by atomic mass is 10.1. The Labute approximate surface area is 184 Å². The molecule has 1 fully saturated rings. The third kappa shape index (κ3) is 6.03. The monoisotopic (exact) mass is 446 g/mol. The topological polar surface area (TPSA) is 57.7 Å². The summed E-state index contributed by atoms with van der Waals surface area (Å²) >= 11 is 1.64. The van der Waals surface area contributed by atoms with E-state index in [-0.39, 0.29) is 5.91 Å². The van der Waals surface area contributed by atoms with Gasteiger partial charge in [0.25, 0.3) is 0 Å². The smallest absolute Gasteiger partial charge is 0.243 e. The average Bonchev–Trinajstić information content (AvgIpc) is 3.10. The Morgan fingerprint density at radius 1 is 1.10 bits per heavy atom. The zero-order chi connectivity index (χ0) is 21.4. The maximum absolute atomic E-state index is 12.9. The minimum absolute atomic E-state index is 0.0737. The van der Waals surface area contributed by atoms with E-state index in [4.69, 9.17) is 0 Å². The minimum Gasteiger partial charge on any atom is -0.334 e. The van der Waals surface area contributed by atoms with E-state index in [1.807, 2.05) is 29.6 Å². The Kier molecular flexibility index (Phi) is 8.24. The summed E-state index contributed by atoms with van der Waals surface area (Å²) in [5, 5.41) is 2.01. The predicted octanol–water partition coefficient (Wildman–Crippen LogP) is 4.46. The maximum Gasteiger partial charge on any atom is 0.243 e. The minimum atomic E-state index is -3.44. The molecule has 1 aromatic carbocycles. The second-order valence-electron chi connectivity index (χ2n) is 7.60. The average molecular weight is 447 g/mol. The molecule has 0 N–H and O–H groups in total. The van der Waals surface area contributed by atoms with Crippen LogP contribution in [0.25, 0.3) is 0 Å². The number of nitrogens with zero attached hydrogens (tertiary/aromatic N) is 2. The van der Waals surface area contributed by atoms with Gasteiger partial charge >= 0.3 is 0 Å². The number of carbonyl (C=O) groups excluding carboxylic acids is 1. The summed E-state index contributed by atoms with van der Waals surface area (Å²) in [4.78, 5) is 16.0. The van der Waals surface area contributed by atoms with Crippen LogP contribution in [0.3, 0.4) is 0 Å². The van der Waals surface area contributed by atoms with Crippen molar-refractivity contribution in [1.82, 2.24) is 9.21 Å². The highest BCUT2D eigenvalue weighted by Gasteiger charge is 2.25. The standard InChI is InChI=1S/C23H30N2O3S2/c1-2-15-24(19-21-8-7-18-29-21)23(26)14-11-20-9-12-22(13-10-20)30(27,28)25-16-5-3-4-6-17-25/h2,7-10,12-13,18H,1,3-6,11,14-17,19H2. The predicted molar refractivity (Wildman–Crippen MR) is 122 cm³/mol. The van der Waals surface area contributed by atoms with Gasteiger partial charge in [0.1, 0.15) is 0 Å². The summed E-state index contributed by atoms with van der Waals surface area (Å²) in [7, 11) is -3.44. The van der Waals surface area contributed by atoms with E-state index < -0.39 is 10.0 Å². The lowest BCUT2D eigenvalue weighted by molar-refractivity contribution is -0.131. The van der Waals surface area contributed by atoms with Crippen LogP contribution in [-0.4, -0.2) is 43.2 Å². The number of carbonyl (C=O) groups is 1. The zero-order valence-electron chi connectivity index (χ0n) is 17.3.